The molecule has 404 valence electrons. The van der Waals surface area contributed by atoms with E-state index < -0.39 is 89.8 Å². The number of cyclic esters (lactones) is 1. The number of carbonyl (C=O) groups excluding carboxylic acids is 4. The molecule has 4 heterocycles. The average Bonchev–Trinajstić information content (AvgIpc) is 3.80. The second-order valence-corrected chi connectivity index (χ2v) is 21.5. The summed E-state index contributed by atoms with van der Waals surface area (Å²) in [6.45, 7) is 13.4. The zero-order chi connectivity index (χ0) is 53.4. The summed E-state index contributed by atoms with van der Waals surface area (Å²) in [5, 5.41) is 36.9. The lowest BCUT2D eigenvalue weighted by Gasteiger charge is -2.47. The van der Waals surface area contributed by atoms with Gasteiger partial charge in [0.1, 0.15) is 35.9 Å². The molecule has 0 radical (unpaired) electrons. The molecule has 3 aromatic rings. The van der Waals surface area contributed by atoms with Gasteiger partial charge in [-0.1, -0.05) is 69.3 Å². The first-order valence-electron chi connectivity index (χ1n) is 26.6. The van der Waals surface area contributed by atoms with Gasteiger partial charge in [-0.15, -0.1) is 6.58 Å². The van der Waals surface area contributed by atoms with Crippen molar-refractivity contribution in [3.63, 3.8) is 0 Å². The van der Waals surface area contributed by atoms with E-state index in [-0.39, 0.29) is 62.6 Å². The van der Waals surface area contributed by atoms with Crippen molar-refractivity contribution >= 4 is 34.3 Å². The van der Waals surface area contributed by atoms with Crippen LogP contribution in [0.25, 0.3) is 10.9 Å². The number of fused-ring (bicyclic) bond motifs is 4. The number of hydrogen-bond acceptors (Lipinski definition) is 13. The maximum atomic E-state index is 14.7. The third kappa shape index (κ3) is 12.8. The number of nitrogens with zero attached hydrogens (tertiary/aromatic N) is 2. The fraction of sp³-hybridized carbons (Fsp3) is 0.593. The van der Waals surface area contributed by atoms with Gasteiger partial charge in [0.15, 0.2) is 0 Å². The number of benzene rings is 2. The Morgan fingerprint density at radius 3 is 2.30 bits per heavy atom. The standard InChI is InChI=1S/C59H80N2O13/c1-10-16-43-28-35(2)53(64)36(3)29-51(70-8)55-52(71-9)30-38(5)59(68,74-55)56(65)57(66)61-25-15-14-19-46(61)58(67)73-54(39(6)47(62)33-48(43)63)37(4)27-41-20-23-49(50(31-41)69-7)72-44-21-22-45-42(32-44)24-26-60(45)34-40-17-12-11-13-18-40/h10-13,17-18,21-22,24,26-28,32,36,38-39,41,43,46-47,49-55,62,64,68H,1,14-16,19-20,23,25,29-31,33-34H2,2-9H3/b35-28+,37-27?. The molecule has 1 aromatic heterocycles. The lowest BCUT2D eigenvalue weighted by atomic mass is 9.81. The number of methoxy groups -OCH3 is 3. The van der Waals surface area contributed by atoms with Crippen LogP contribution in [-0.2, 0) is 49.4 Å². The number of ketones is 2. The normalized spacial score (nSPS) is 35.3. The predicted molar refractivity (Wildman–Crippen MR) is 280 cm³/mol. The van der Waals surface area contributed by atoms with Crippen LogP contribution >= 0.6 is 0 Å². The molecule has 15 unspecified atom stereocenters. The molecule has 0 spiro atoms. The van der Waals surface area contributed by atoms with Crippen LogP contribution in [0.5, 0.6) is 5.75 Å². The van der Waals surface area contributed by atoms with Crippen LogP contribution < -0.4 is 4.74 Å². The first-order valence-corrected chi connectivity index (χ1v) is 26.6. The second-order valence-electron chi connectivity index (χ2n) is 21.5. The Hall–Kier alpha value is -5.00. The number of Topliss-reactive ketones (excluding diaryl/α,β-unsaturated/α-hetero) is 2. The maximum absolute atomic E-state index is 14.7. The number of aromatic nitrogens is 1. The van der Waals surface area contributed by atoms with Gasteiger partial charge in [-0.25, -0.2) is 4.79 Å². The Labute approximate surface area is 436 Å². The van der Waals surface area contributed by atoms with Crippen molar-refractivity contribution in [2.45, 2.75) is 166 Å². The number of esters is 1. The summed E-state index contributed by atoms with van der Waals surface area (Å²) in [6.07, 6.45) is 4.64. The SMILES string of the molecule is C=CCC1/C=C(\C)C(O)C(C)CC(OC)C2OC(O)(C(=O)C(=O)N3CCCCC3C(=O)OC(C(C)=CC3CCC(Oc4ccc5c(ccn5Cc5ccccc5)c4)C(OC)C3)C(C)C(O)CC1=O)C(C)CC2OC. The summed E-state index contributed by atoms with van der Waals surface area (Å²) >= 11 is 0. The second kappa shape index (κ2) is 25.2. The Kier molecular flexibility index (Phi) is 19.3. The summed E-state index contributed by atoms with van der Waals surface area (Å²) < 4.78 is 39.3. The highest BCUT2D eigenvalue weighted by atomic mass is 16.7. The smallest absolute Gasteiger partial charge is 0.329 e. The Balaban J connectivity index is 1.16. The molecule has 4 aliphatic rings. The zero-order valence-electron chi connectivity index (χ0n) is 44.6. The fourth-order valence-corrected chi connectivity index (χ4v) is 11.8. The minimum absolute atomic E-state index is 0.0362. The molecule has 1 aliphatic carbocycles. The van der Waals surface area contributed by atoms with Gasteiger partial charge in [0.2, 0.25) is 5.79 Å². The molecular weight excluding hydrogens is 945 g/mol. The van der Waals surface area contributed by atoms with E-state index >= 15 is 0 Å². The van der Waals surface area contributed by atoms with Crippen molar-refractivity contribution in [1.82, 2.24) is 9.47 Å². The molecule has 1 amide bonds. The molecule has 2 bridgehead atoms. The van der Waals surface area contributed by atoms with E-state index in [1.54, 1.807) is 40.0 Å². The number of rotatable bonds is 11. The van der Waals surface area contributed by atoms with E-state index in [0.29, 0.717) is 36.8 Å². The van der Waals surface area contributed by atoms with Crippen molar-refractivity contribution in [2.75, 3.05) is 27.9 Å². The average molecular weight is 1030 g/mol. The summed E-state index contributed by atoms with van der Waals surface area (Å²) in [6, 6.07) is 17.4. The lowest BCUT2D eigenvalue weighted by Crippen LogP contribution is -2.64. The summed E-state index contributed by atoms with van der Waals surface area (Å²) in [5.41, 5.74) is 3.49. The van der Waals surface area contributed by atoms with Crippen LogP contribution in [0.15, 0.2) is 96.7 Å². The monoisotopic (exact) mass is 1020 g/mol. The van der Waals surface area contributed by atoms with Crippen LogP contribution in [0.3, 0.4) is 0 Å². The largest absolute Gasteiger partial charge is 0.488 e. The molecule has 3 N–H and O–H groups in total. The Morgan fingerprint density at radius 1 is 0.878 bits per heavy atom. The van der Waals surface area contributed by atoms with E-state index in [2.05, 4.69) is 47.7 Å². The number of amides is 1. The quantitative estimate of drug-likeness (QED) is 0.0963. The minimum Gasteiger partial charge on any atom is -0.488 e. The first-order chi connectivity index (χ1) is 35.4. The van der Waals surface area contributed by atoms with Gasteiger partial charge in [-0.3, -0.25) is 14.4 Å². The van der Waals surface area contributed by atoms with Crippen molar-refractivity contribution in [2.24, 2.45) is 29.6 Å². The third-order valence-corrected chi connectivity index (χ3v) is 16.4. The van der Waals surface area contributed by atoms with Crippen LogP contribution in [0.4, 0.5) is 0 Å². The van der Waals surface area contributed by atoms with Gasteiger partial charge in [0, 0.05) is 75.7 Å². The van der Waals surface area contributed by atoms with Crippen molar-refractivity contribution in [3.8, 4) is 5.75 Å². The van der Waals surface area contributed by atoms with Gasteiger partial charge in [-0.2, -0.15) is 0 Å². The highest BCUT2D eigenvalue weighted by Crippen LogP contribution is 2.40. The Bertz CT molecular complexity index is 2490. The molecule has 15 atom stereocenters. The van der Waals surface area contributed by atoms with Crippen molar-refractivity contribution in [3.05, 3.63) is 102 Å². The number of allylic oxidation sites excluding steroid dienone is 3. The zero-order valence-corrected chi connectivity index (χ0v) is 44.6. The highest BCUT2D eigenvalue weighted by molar-refractivity contribution is 6.39. The fourth-order valence-electron chi connectivity index (χ4n) is 11.8. The van der Waals surface area contributed by atoms with Gasteiger partial charge < -0.3 is 53.2 Å². The van der Waals surface area contributed by atoms with Gasteiger partial charge in [0.25, 0.3) is 11.7 Å². The maximum Gasteiger partial charge on any atom is 0.329 e. The predicted octanol–water partition coefficient (Wildman–Crippen LogP) is 7.70. The number of carbonyl (C=O) groups is 4. The lowest BCUT2D eigenvalue weighted by molar-refractivity contribution is -0.302. The molecule has 74 heavy (non-hydrogen) atoms. The summed E-state index contributed by atoms with van der Waals surface area (Å²) in [7, 11) is 4.62. The molecule has 7 rings (SSSR count). The summed E-state index contributed by atoms with van der Waals surface area (Å²) in [4.78, 5) is 59.0. The molecule has 1 saturated carbocycles. The number of hydrogen-bond donors (Lipinski definition) is 3. The highest BCUT2D eigenvalue weighted by Gasteiger charge is 2.57. The van der Waals surface area contributed by atoms with E-state index in [4.69, 9.17) is 28.4 Å². The molecule has 15 heteroatoms. The molecular formula is C59H80N2O13. The summed E-state index contributed by atoms with van der Waals surface area (Å²) in [5.74, 6) is -8.15. The number of piperidine rings is 1. The van der Waals surface area contributed by atoms with Crippen molar-refractivity contribution in [1.29, 1.82) is 0 Å². The van der Waals surface area contributed by atoms with E-state index in [1.165, 1.54) is 24.7 Å². The number of ether oxygens (including phenoxy) is 6. The first kappa shape index (κ1) is 56.7. The van der Waals surface area contributed by atoms with Gasteiger partial charge >= 0.3 is 5.97 Å². The van der Waals surface area contributed by atoms with Crippen LogP contribution in [0.1, 0.15) is 104 Å². The van der Waals surface area contributed by atoms with Crippen LogP contribution in [-0.4, -0.2) is 137 Å². The van der Waals surface area contributed by atoms with Crippen molar-refractivity contribution < 1.29 is 62.9 Å². The van der Waals surface area contributed by atoms with Crippen LogP contribution in [0.2, 0.25) is 0 Å². The van der Waals surface area contributed by atoms with E-state index in [9.17, 15) is 34.5 Å². The topological polar surface area (TPSA) is 193 Å². The number of aliphatic hydroxyl groups excluding tert-OH is 2. The third-order valence-electron chi connectivity index (χ3n) is 16.4. The minimum atomic E-state index is -2.60. The van der Waals surface area contributed by atoms with Gasteiger partial charge in [-0.05, 0) is 124 Å². The molecule has 2 aromatic carbocycles. The van der Waals surface area contributed by atoms with E-state index in [0.717, 1.165) is 29.6 Å². The molecule has 3 aliphatic heterocycles. The Morgan fingerprint density at radius 2 is 1.59 bits per heavy atom. The van der Waals surface area contributed by atoms with E-state index in [1.807, 2.05) is 44.2 Å². The molecule has 3 fully saturated rings. The molecule has 2 saturated heterocycles. The van der Waals surface area contributed by atoms with Gasteiger partial charge in [0.05, 0.1) is 30.5 Å². The van der Waals surface area contributed by atoms with Crippen LogP contribution in [0, 0.1) is 29.6 Å². The molecule has 15 nitrogen and oxygen atoms in total. The number of aliphatic hydroxyl groups is 3.